The lowest BCUT2D eigenvalue weighted by Crippen LogP contribution is -1.97. The fourth-order valence-corrected chi connectivity index (χ4v) is 2.68. The molecule has 0 bridgehead atoms. The summed E-state index contributed by atoms with van der Waals surface area (Å²) in [5.74, 6) is 0.680. The van der Waals surface area contributed by atoms with E-state index in [2.05, 4.69) is 22.0 Å². The van der Waals surface area contributed by atoms with Gasteiger partial charge in [-0.25, -0.2) is 4.39 Å². The Hall–Kier alpha value is -1.35. The Bertz CT molecular complexity index is 568. The highest BCUT2D eigenvalue weighted by Gasteiger charge is 2.11. The molecule has 0 aliphatic carbocycles. The number of hydrogen-bond donors (Lipinski definition) is 0. The molecule has 1 unspecified atom stereocenters. The zero-order valence-corrected chi connectivity index (χ0v) is 12.6. The summed E-state index contributed by atoms with van der Waals surface area (Å²) in [5.41, 5.74) is 3.21. The van der Waals surface area contributed by atoms with Crippen molar-refractivity contribution in [1.82, 2.24) is 0 Å². The lowest BCUT2D eigenvalue weighted by atomic mass is 10.0. The van der Waals surface area contributed by atoms with Crippen LogP contribution in [-0.2, 0) is 6.42 Å². The molecule has 0 saturated heterocycles. The van der Waals surface area contributed by atoms with E-state index in [-0.39, 0.29) is 10.6 Å². The predicted octanol–water partition coefficient (Wildman–Crippen LogP) is 4.82. The summed E-state index contributed by atoms with van der Waals surface area (Å²) >= 11 is 3.66. The fourth-order valence-electron chi connectivity index (χ4n) is 2.02. The molecule has 0 aromatic heterocycles. The molecule has 0 aliphatic rings. The van der Waals surface area contributed by atoms with Gasteiger partial charge in [0.1, 0.15) is 11.6 Å². The summed E-state index contributed by atoms with van der Waals surface area (Å²) < 4.78 is 18.5. The highest BCUT2D eigenvalue weighted by atomic mass is 79.9. The first-order chi connectivity index (χ1) is 9.10. The van der Waals surface area contributed by atoms with Gasteiger partial charge in [0.25, 0.3) is 0 Å². The smallest absolute Gasteiger partial charge is 0.123 e. The molecule has 19 heavy (non-hydrogen) atoms. The monoisotopic (exact) mass is 322 g/mol. The first kappa shape index (κ1) is 14.1. The van der Waals surface area contributed by atoms with Crippen LogP contribution in [0, 0.1) is 12.7 Å². The van der Waals surface area contributed by atoms with Crippen molar-refractivity contribution >= 4 is 15.9 Å². The van der Waals surface area contributed by atoms with Crippen LogP contribution in [0.15, 0.2) is 42.5 Å². The first-order valence-corrected chi connectivity index (χ1v) is 7.05. The van der Waals surface area contributed by atoms with Crippen molar-refractivity contribution in [2.24, 2.45) is 0 Å². The van der Waals surface area contributed by atoms with Crippen LogP contribution in [0.25, 0.3) is 0 Å². The molecule has 2 aromatic rings. The Kier molecular flexibility index (Phi) is 4.59. The van der Waals surface area contributed by atoms with Crippen molar-refractivity contribution in [2.45, 2.75) is 18.2 Å². The van der Waals surface area contributed by atoms with Crippen molar-refractivity contribution in [3.8, 4) is 5.75 Å². The maximum absolute atomic E-state index is 13.2. The van der Waals surface area contributed by atoms with Gasteiger partial charge >= 0.3 is 0 Å². The molecule has 0 amide bonds. The second-order valence-corrected chi connectivity index (χ2v) is 5.64. The highest BCUT2D eigenvalue weighted by Crippen LogP contribution is 2.31. The average Bonchev–Trinajstić information content (AvgIpc) is 2.39. The van der Waals surface area contributed by atoms with E-state index in [0.29, 0.717) is 0 Å². The Morgan fingerprint density at radius 2 is 2.00 bits per heavy atom. The maximum atomic E-state index is 13.2. The Balaban J connectivity index is 2.18. The molecule has 0 aliphatic heterocycles. The van der Waals surface area contributed by atoms with Crippen LogP contribution in [0.2, 0.25) is 0 Å². The summed E-state index contributed by atoms with van der Waals surface area (Å²) in [6.45, 7) is 2.01. The van der Waals surface area contributed by atoms with E-state index < -0.39 is 0 Å². The molecule has 1 nitrogen and oxygen atoms in total. The molecule has 2 rings (SSSR count). The zero-order valence-electron chi connectivity index (χ0n) is 11.0. The van der Waals surface area contributed by atoms with E-state index in [0.717, 1.165) is 28.9 Å². The number of hydrogen-bond acceptors (Lipinski definition) is 1. The van der Waals surface area contributed by atoms with Gasteiger partial charge in [0, 0.05) is 4.83 Å². The summed E-state index contributed by atoms with van der Waals surface area (Å²) in [6, 6.07) is 12.8. The molecule has 3 heteroatoms. The zero-order chi connectivity index (χ0) is 13.8. The van der Waals surface area contributed by atoms with Crippen LogP contribution in [-0.4, -0.2) is 7.11 Å². The van der Waals surface area contributed by atoms with Crippen LogP contribution < -0.4 is 4.74 Å². The van der Waals surface area contributed by atoms with Crippen molar-refractivity contribution < 1.29 is 9.13 Å². The quantitative estimate of drug-likeness (QED) is 0.733. The largest absolute Gasteiger partial charge is 0.496 e. The van der Waals surface area contributed by atoms with Gasteiger partial charge < -0.3 is 4.74 Å². The Labute approximate surface area is 121 Å². The number of methoxy groups -OCH3 is 1. The summed E-state index contributed by atoms with van der Waals surface area (Å²) in [5, 5.41) is 0. The van der Waals surface area contributed by atoms with Crippen molar-refractivity contribution in [3.63, 3.8) is 0 Å². The normalized spacial score (nSPS) is 12.2. The number of aryl methyl sites for hydroxylation is 1. The third-order valence-corrected chi connectivity index (χ3v) is 3.95. The minimum absolute atomic E-state index is 0.142. The second-order valence-electron chi connectivity index (χ2n) is 4.53. The first-order valence-electron chi connectivity index (χ1n) is 6.13. The van der Waals surface area contributed by atoms with Gasteiger partial charge in [0.15, 0.2) is 0 Å². The topological polar surface area (TPSA) is 9.23 Å². The molecule has 0 radical (unpaired) electrons. The van der Waals surface area contributed by atoms with Crippen LogP contribution >= 0.6 is 15.9 Å². The van der Waals surface area contributed by atoms with Crippen LogP contribution in [0.1, 0.15) is 21.5 Å². The number of benzene rings is 2. The Morgan fingerprint density at radius 3 is 2.68 bits per heavy atom. The van der Waals surface area contributed by atoms with Crippen LogP contribution in [0.5, 0.6) is 5.75 Å². The second kappa shape index (κ2) is 6.20. The average molecular weight is 323 g/mol. The molecule has 0 fully saturated rings. The molecule has 0 spiro atoms. The van der Waals surface area contributed by atoms with Crippen molar-refractivity contribution in [3.05, 3.63) is 65.0 Å². The van der Waals surface area contributed by atoms with Gasteiger partial charge in [-0.1, -0.05) is 40.2 Å². The predicted molar refractivity (Wildman–Crippen MR) is 79.5 cm³/mol. The van der Waals surface area contributed by atoms with Gasteiger partial charge in [-0.15, -0.1) is 0 Å². The molecule has 2 aromatic carbocycles. The molecular weight excluding hydrogens is 307 g/mol. The van der Waals surface area contributed by atoms with Gasteiger partial charge in [0.2, 0.25) is 0 Å². The van der Waals surface area contributed by atoms with Gasteiger partial charge in [-0.3, -0.25) is 0 Å². The Morgan fingerprint density at radius 1 is 1.21 bits per heavy atom. The van der Waals surface area contributed by atoms with E-state index in [4.69, 9.17) is 4.74 Å². The van der Waals surface area contributed by atoms with E-state index in [1.165, 1.54) is 6.07 Å². The van der Waals surface area contributed by atoms with E-state index in [9.17, 15) is 4.39 Å². The standard InChI is InChI=1S/C16H16BrFO/c1-11-6-7-13(10-16(11)19-2)15(17)9-12-4-3-5-14(18)8-12/h3-8,10,15H,9H2,1-2H3. The van der Waals surface area contributed by atoms with Crippen LogP contribution in [0.4, 0.5) is 4.39 Å². The summed E-state index contributed by atoms with van der Waals surface area (Å²) in [4.78, 5) is 0.142. The SMILES string of the molecule is COc1cc(C(Br)Cc2cccc(F)c2)ccc1C. The molecular formula is C16H16BrFO. The van der Waals surface area contributed by atoms with E-state index in [1.807, 2.05) is 25.1 Å². The molecule has 1 atom stereocenters. The number of halogens is 2. The van der Waals surface area contributed by atoms with Crippen molar-refractivity contribution in [1.29, 1.82) is 0 Å². The minimum atomic E-state index is -0.196. The van der Waals surface area contributed by atoms with Crippen molar-refractivity contribution in [2.75, 3.05) is 7.11 Å². The van der Waals surface area contributed by atoms with E-state index in [1.54, 1.807) is 19.2 Å². The molecule has 100 valence electrons. The van der Waals surface area contributed by atoms with Gasteiger partial charge in [0.05, 0.1) is 7.11 Å². The third kappa shape index (κ3) is 3.57. The number of rotatable bonds is 4. The number of ether oxygens (including phenoxy) is 1. The molecule has 0 saturated carbocycles. The minimum Gasteiger partial charge on any atom is -0.496 e. The van der Waals surface area contributed by atoms with Crippen LogP contribution in [0.3, 0.4) is 0 Å². The molecule has 0 heterocycles. The highest BCUT2D eigenvalue weighted by molar-refractivity contribution is 9.09. The fraction of sp³-hybridized carbons (Fsp3) is 0.250. The van der Waals surface area contributed by atoms with E-state index >= 15 is 0 Å². The molecule has 0 N–H and O–H groups in total. The summed E-state index contributed by atoms with van der Waals surface area (Å²) in [7, 11) is 1.67. The van der Waals surface area contributed by atoms with Gasteiger partial charge in [-0.05, 0) is 48.2 Å². The lowest BCUT2D eigenvalue weighted by Gasteiger charge is -2.13. The third-order valence-electron chi connectivity index (χ3n) is 3.10. The summed E-state index contributed by atoms with van der Waals surface area (Å²) in [6.07, 6.45) is 0.740. The van der Waals surface area contributed by atoms with Gasteiger partial charge in [-0.2, -0.15) is 0 Å². The maximum Gasteiger partial charge on any atom is 0.123 e. The lowest BCUT2D eigenvalue weighted by molar-refractivity contribution is 0.411. The number of alkyl halides is 1.